The Bertz CT molecular complexity index is 563. The Hall–Kier alpha value is -1.07. The maximum Gasteiger partial charge on any atom is 0.180 e. The fraction of sp³-hybridized carbons (Fsp3) is 0.625. The lowest BCUT2D eigenvalue weighted by Crippen LogP contribution is -2.42. The molecule has 0 aromatic heterocycles. The van der Waals surface area contributed by atoms with Crippen molar-refractivity contribution in [1.82, 2.24) is 5.32 Å². The summed E-state index contributed by atoms with van der Waals surface area (Å²) in [5.74, 6) is 0.137. The molecule has 2 rings (SSSR count). The molecule has 1 fully saturated rings. The Labute approximate surface area is 128 Å². The van der Waals surface area contributed by atoms with Crippen LogP contribution in [0.1, 0.15) is 33.6 Å². The highest BCUT2D eigenvalue weighted by molar-refractivity contribution is 7.91. The van der Waals surface area contributed by atoms with Crippen molar-refractivity contribution in [3.63, 3.8) is 0 Å². The van der Waals surface area contributed by atoms with E-state index in [0.29, 0.717) is 10.9 Å². The first-order chi connectivity index (χ1) is 9.95. The van der Waals surface area contributed by atoms with Crippen LogP contribution in [0.4, 0.5) is 5.69 Å². The summed E-state index contributed by atoms with van der Waals surface area (Å²) in [6.45, 7) is 7.85. The first-order valence-electron chi connectivity index (χ1n) is 7.77. The zero-order valence-corrected chi connectivity index (χ0v) is 14.0. The van der Waals surface area contributed by atoms with Gasteiger partial charge in [-0.15, -0.1) is 0 Å². The fourth-order valence-corrected chi connectivity index (χ4v) is 3.95. The van der Waals surface area contributed by atoms with Crippen molar-refractivity contribution in [2.45, 2.75) is 50.6 Å². The van der Waals surface area contributed by atoms with E-state index < -0.39 is 9.84 Å². The lowest BCUT2D eigenvalue weighted by atomic mass is 10.1. The number of rotatable bonds is 6. The average molecular weight is 310 g/mol. The van der Waals surface area contributed by atoms with Gasteiger partial charge >= 0.3 is 0 Å². The second-order valence-corrected chi connectivity index (χ2v) is 8.16. The van der Waals surface area contributed by atoms with Gasteiger partial charge in [0.1, 0.15) is 0 Å². The van der Waals surface area contributed by atoms with E-state index in [2.05, 4.69) is 24.1 Å². The summed E-state index contributed by atoms with van der Waals surface area (Å²) in [6.07, 6.45) is 2.36. The summed E-state index contributed by atoms with van der Waals surface area (Å²) >= 11 is 0. The summed E-state index contributed by atoms with van der Waals surface area (Å²) in [7, 11) is -3.20. The molecule has 1 aromatic rings. The second-order valence-electron chi connectivity index (χ2n) is 5.91. The van der Waals surface area contributed by atoms with Crippen LogP contribution in [-0.4, -0.2) is 39.3 Å². The molecule has 1 aromatic carbocycles. The normalized spacial score (nSPS) is 19.1. The molecule has 4 nitrogen and oxygen atoms in total. The van der Waals surface area contributed by atoms with Crippen molar-refractivity contribution in [2.24, 2.45) is 0 Å². The number of nitrogens with zero attached hydrogens (tertiary/aromatic N) is 1. The summed E-state index contributed by atoms with van der Waals surface area (Å²) in [5, 5.41) is 3.49. The van der Waals surface area contributed by atoms with Crippen molar-refractivity contribution in [1.29, 1.82) is 0 Å². The molecule has 0 aliphatic carbocycles. The molecular formula is C16H26N2O2S. The van der Waals surface area contributed by atoms with Crippen molar-refractivity contribution in [3.8, 4) is 0 Å². The van der Waals surface area contributed by atoms with Gasteiger partial charge < -0.3 is 10.2 Å². The van der Waals surface area contributed by atoms with Crippen LogP contribution in [0, 0.1) is 0 Å². The van der Waals surface area contributed by atoms with Crippen LogP contribution in [0.3, 0.4) is 0 Å². The summed E-state index contributed by atoms with van der Waals surface area (Å²) in [6, 6.07) is 8.09. The van der Waals surface area contributed by atoms with Crippen LogP contribution in [0.25, 0.3) is 0 Å². The van der Waals surface area contributed by atoms with Gasteiger partial charge in [-0.25, -0.2) is 8.42 Å². The average Bonchev–Trinajstić information content (AvgIpc) is 2.97. The smallest absolute Gasteiger partial charge is 0.180 e. The molecule has 0 radical (unpaired) electrons. The molecule has 5 heteroatoms. The quantitative estimate of drug-likeness (QED) is 0.877. The predicted molar refractivity (Wildman–Crippen MR) is 87.7 cm³/mol. The molecular weight excluding hydrogens is 284 g/mol. The molecule has 1 N–H and O–H groups in total. The van der Waals surface area contributed by atoms with E-state index in [1.807, 2.05) is 12.1 Å². The SMILES string of the molecule is CCS(=O)(=O)c1ccccc1N(CC1CCCN1)C(C)C. The number of nitrogens with one attached hydrogen (secondary N) is 1. The Morgan fingerprint density at radius 1 is 1.33 bits per heavy atom. The van der Waals surface area contributed by atoms with Gasteiger partial charge in [0.15, 0.2) is 9.84 Å². The van der Waals surface area contributed by atoms with Gasteiger partial charge in [0.25, 0.3) is 0 Å². The Kier molecular flexibility index (Phi) is 5.27. The molecule has 1 saturated heterocycles. The molecule has 0 saturated carbocycles. The van der Waals surface area contributed by atoms with E-state index in [-0.39, 0.29) is 11.8 Å². The highest BCUT2D eigenvalue weighted by Crippen LogP contribution is 2.28. The molecule has 1 unspecified atom stereocenters. The highest BCUT2D eigenvalue weighted by atomic mass is 32.2. The largest absolute Gasteiger partial charge is 0.366 e. The minimum Gasteiger partial charge on any atom is -0.366 e. The summed E-state index contributed by atoms with van der Waals surface area (Å²) < 4.78 is 24.7. The molecule has 1 aliphatic heterocycles. The van der Waals surface area contributed by atoms with Crippen molar-refractivity contribution >= 4 is 15.5 Å². The van der Waals surface area contributed by atoms with E-state index >= 15 is 0 Å². The molecule has 118 valence electrons. The number of anilines is 1. The van der Waals surface area contributed by atoms with Crippen LogP contribution >= 0.6 is 0 Å². The Morgan fingerprint density at radius 3 is 2.62 bits per heavy atom. The molecule has 0 spiro atoms. The predicted octanol–water partition coefficient (Wildman–Crippen LogP) is 2.45. The summed E-state index contributed by atoms with van der Waals surface area (Å²) in [4.78, 5) is 2.67. The molecule has 21 heavy (non-hydrogen) atoms. The van der Waals surface area contributed by atoms with Crippen LogP contribution in [0.2, 0.25) is 0 Å². The third-order valence-electron chi connectivity index (χ3n) is 4.09. The Balaban J connectivity index is 2.36. The number of hydrogen-bond donors (Lipinski definition) is 1. The third-order valence-corrected chi connectivity index (χ3v) is 5.87. The van der Waals surface area contributed by atoms with Crippen molar-refractivity contribution in [2.75, 3.05) is 23.7 Å². The van der Waals surface area contributed by atoms with E-state index in [4.69, 9.17) is 0 Å². The molecule has 1 atom stereocenters. The standard InChI is InChI=1S/C16H26N2O2S/c1-4-21(19,20)16-10-6-5-9-15(16)18(13(2)3)12-14-8-7-11-17-14/h5-6,9-10,13-14,17H,4,7-8,11-12H2,1-3H3. The van der Waals surface area contributed by atoms with Crippen LogP contribution in [0.5, 0.6) is 0 Å². The van der Waals surface area contributed by atoms with E-state index in [9.17, 15) is 8.42 Å². The lowest BCUT2D eigenvalue weighted by Gasteiger charge is -2.33. The highest BCUT2D eigenvalue weighted by Gasteiger charge is 2.25. The van der Waals surface area contributed by atoms with E-state index in [1.54, 1.807) is 19.1 Å². The van der Waals surface area contributed by atoms with Gasteiger partial charge in [0, 0.05) is 18.6 Å². The maximum atomic E-state index is 12.3. The molecule has 1 heterocycles. The van der Waals surface area contributed by atoms with Crippen LogP contribution in [-0.2, 0) is 9.84 Å². The Morgan fingerprint density at radius 2 is 2.05 bits per heavy atom. The maximum absolute atomic E-state index is 12.3. The van der Waals surface area contributed by atoms with Gasteiger partial charge in [-0.05, 0) is 45.4 Å². The zero-order chi connectivity index (χ0) is 15.5. The van der Waals surface area contributed by atoms with Gasteiger partial charge in [0.05, 0.1) is 16.3 Å². The molecule has 0 amide bonds. The zero-order valence-electron chi connectivity index (χ0n) is 13.2. The van der Waals surface area contributed by atoms with Gasteiger partial charge in [-0.3, -0.25) is 0 Å². The number of hydrogen-bond acceptors (Lipinski definition) is 4. The van der Waals surface area contributed by atoms with E-state index in [0.717, 1.165) is 25.2 Å². The summed E-state index contributed by atoms with van der Waals surface area (Å²) in [5.41, 5.74) is 0.836. The molecule has 1 aliphatic rings. The van der Waals surface area contributed by atoms with Gasteiger partial charge in [-0.2, -0.15) is 0 Å². The van der Waals surface area contributed by atoms with Crippen molar-refractivity contribution in [3.05, 3.63) is 24.3 Å². The number of para-hydroxylation sites is 1. The number of benzene rings is 1. The van der Waals surface area contributed by atoms with Gasteiger partial charge in [-0.1, -0.05) is 19.1 Å². The minimum atomic E-state index is -3.20. The fourth-order valence-electron chi connectivity index (χ4n) is 2.85. The van der Waals surface area contributed by atoms with Crippen molar-refractivity contribution < 1.29 is 8.42 Å². The van der Waals surface area contributed by atoms with Gasteiger partial charge in [0.2, 0.25) is 0 Å². The van der Waals surface area contributed by atoms with Crippen LogP contribution in [0.15, 0.2) is 29.2 Å². The molecule has 0 bridgehead atoms. The lowest BCUT2D eigenvalue weighted by molar-refractivity contribution is 0.548. The van der Waals surface area contributed by atoms with E-state index in [1.165, 1.54) is 6.42 Å². The minimum absolute atomic E-state index is 0.137. The monoisotopic (exact) mass is 310 g/mol. The second kappa shape index (κ2) is 6.79. The third kappa shape index (κ3) is 3.77. The number of sulfone groups is 1. The van der Waals surface area contributed by atoms with Crippen LogP contribution < -0.4 is 10.2 Å². The first kappa shape index (κ1) is 16.3. The first-order valence-corrected chi connectivity index (χ1v) is 9.42. The topological polar surface area (TPSA) is 49.4 Å².